The van der Waals surface area contributed by atoms with Gasteiger partial charge in [-0.25, -0.2) is 0 Å². The molecule has 0 spiro atoms. The van der Waals surface area contributed by atoms with Gasteiger partial charge in [0.2, 0.25) is 5.91 Å². The molecule has 0 aromatic rings. The zero-order valence-corrected chi connectivity index (χ0v) is 11.0. The topological polar surface area (TPSA) is 46.3 Å². The average Bonchev–Trinajstić information content (AvgIpc) is 2.11. The molecular weight excluding hydrogens is 188 g/mol. The van der Waals surface area contributed by atoms with Crippen molar-refractivity contribution in [2.24, 2.45) is 17.1 Å². The number of carbonyl (C=O) groups excluding carboxylic acids is 1. The number of hydrogen-bond acceptors (Lipinski definition) is 2. The van der Waals surface area contributed by atoms with Crippen LogP contribution in [0.1, 0.15) is 41.0 Å². The zero-order chi connectivity index (χ0) is 12.2. The minimum absolute atomic E-state index is 0.0549. The van der Waals surface area contributed by atoms with Gasteiger partial charge in [0, 0.05) is 13.6 Å². The molecule has 0 aliphatic rings. The molecule has 0 radical (unpaired) electrons. The second kappa shape index (κ2) is 5.50. The van der Waals surface area contributed by atoms with Gasteiger partial charge in [-0.05, 0) is 11.3 Å². The van der Waals surface area contributed by atoms with Gasteiger partial charge in [-0.1, -0.05) is 41.0 Å². The Morgan fingerprint density at radius 3 is 2.20 bits per heavy atom. The minimum Gasteiger partial charge on any atom is -0.344 e. The molecule has 2 atom stereocenters. The molecule has 2 N–H and O–H groups in total. The highest BCUT2D eigenvalue weighted by molar-refractivity contribution is 5.81. The summed E-state index contributed by atoms with van der Waals surface area (Å²) in [6.07, 6.45) is 0.941. The second-order valence-electron chi connectivity index (χ2n) is 5.67. The van der Waals surface area contributed by atoms with Gasteiger partial charge in [-0.2, -0.15) is 0 Å². The van der Waals surface area contributed by atoms with Gasteiger partial charge < -0.3 is 10.6 Å². The van der Waals surface area contributed by atoms with E-state index in [4.69, 9.17) is 5.73 Å². The van der Waals surface area contributed by atoms with Crippen LogP contribution in [-0.2, 0) is 4.79 Å². The molecule has 0 saturated carbocycles. The molecule has 0 saturated heterocycles. The Hall–Kier alpha value is -0.570. The van der Waals surface area contributed by atoms with Crippen LogP contribution in [0.2, 0.25) is 0 Å². The van der Waals surface area contributed by atoms with E-state index in [0.717, 1.165) is 13.0 Å². The lowest BCUT2D eigenvalue weighted by molar-refractivity contribution is -0.133. The van der Waals surface area contributed by atoms with Crippen LogP contribution in [0.5, 0.6) is 0 Å². The van der Waals surface area contributed by atoms with Crippen molar-refractivity contribution >= 4 is 5.91 Å². The minimum atomic E-state index is -0.359. The number of nitrogens with zero attached hydrogens (tertiary/aromatic N) is 1. The Kier molecular flexibility index (Phi) is 5.29. The van der Waals surface area contributed by atoms with E-state index in [1.54, 1.807) is 4.90 Å². The summed E-state index contributed by atoms with van der Waals surface area (Å²) in [7, 11) is 1.83. The first-order valence-corrected chi connectivity index (χ1v) is 5.69. The van der Waals surface area contributed by atoms with E-state index < -0.39 is 0 Å². The Morgan fingerprint density at radius 2 is 1.87 bits per heavy atom. The molecule has 0 aromatic carbocycles. The first-order valence-electron chi connectivity index (χ1n) is 5.69. The maximum atomic E-state index is 11.9. The van der Waals surface area contributed by atoms with Crippen molar-refractivity contribution in [2.45, 2.75) is 47.1 Å². The smallest absolute Gasteiger partial charge is 0.239 e. The third kappa shape index (κ3) is 5.17. The lowest BCUT2D eigenvalue weighted by Crippen LogP contribution is -2.47. The lowest BCUT2D eigenvalue weighted by Gasteiger charge is -2.30. The van der Waals surface area contributed by atoms with Crippen molar-refractivity contribution in [3.05, 3.63) is 0 Å². The summed E-state index contributed by atoms with van der Waals surface area (Å²) in [6.45, 7) is 11.2. The molecule has 1 amide bonds. The third-order valence-electron chi connectivity index (χ3n) is 2.63. The molecule has 0 bridgehead atoms. The Balaban J connectivity index is 4.32. The predicted molar refractivity (Wildman–Crippen MR) is 64.5 cm³/mol. The molecule has 3 nitrogen and oxygen atoms in total. The van der Waals surface area contributed by atoms with Crippen molar-refractivity contribution in [1.29, 1.82) is 0 Å². The van der Waals surface area contributed by atoms with Crippen molar-refractivity contribution in [1.82, 2.24) is 4.90 Å². The molecule has 0 rings (SSSR count). The van der Waals surface area contributed by atoms with Crippen LogP contribution in [0.25, 0.3) is 0 Å². The highest BCUT2D eigenvalue weighted by Gasteiger charge is 2.25. The van der Waals surface area contributed by atoms with Crippen LogP contribution in [-0.4, -0.2) is 30.4 Å². The molecule has 15 heavy (non-hydrogen) atoms. The van der Waals surface area contributed by atoms with E-state index in [2.05, 4.69) is 27.7 Å². The summed E-state index contributed by atoms with van der Waals surface area (Å²) in [5.74, 6) is 0.305. The molecule has 3 heteroatoms. The largest absolute Gasteiger partial charge is 0.344 e. The lowest BCUT2D eigenvalue weighted by atomic mass is 9.94. The first-order chi connectivity index (χ1) is 6.69. The zero-order valence-electron chi connectivity index (χ0n) is 11.0. The van der Waals surface area contributed by atoms with Gasteiger partial charge in [0.05, 0.1) is 6.04 Å². The fraction of sp³-hybridized carbons (Fsp3) is 0.917. The molecule has 0 aliphatic carbocycles. The predicted octanol–water partition coefficient (Wildman–Crippen LogP) is 1.86. The fourth-order valence-electron chi connectivity index (χ4n) is 1.54. The third-order valence-corrected chi connectivity index (χ3v) is 2.63. The van der Waals surface area contributed by atoms with E-state index in [1.807, 2.05) is 14.0 Å². The highest BCUT2D eigenvalue weighted by Crippen LogP contribution is 2.16. The summed E-state index contributed by atoms with van der Waals surface area (Å²) in [6, 6.07) is -0.359. The van der Waals surface area contributed by atoms with E-state index >= 15 is 0 Å². The molecular formula is C12H26N2O. The molecule has 0 aromatic heterocycles. The summed E-state index contributed by atoms with van der Waals surface area (Å²) in [4.78, 5) is 13.7. The van der Waals surface area contributed by atoms with Crippen molar-refractivity contribution in [3.63, 3.8) is 0 Å². The van der Waals surface area contributed by atoms with E-state index in [9.17, 15) is 4.79 Å². The van der Waals surface area contributed by atoms with Crippen LogP contribution in [0.3, 0.4) is 0 Å². The van der Waals surface area contributed by atoms with Gasteiger partial charge >= 0.3 is 0 Å². The van der Waals surface area contributed by atoms with E-state index in [0.29, 0.717) is 0 Å². The fourth-order valence-corrected chi connectivity index (χ4v) is 1.54. The molecule has 90 valence electrons. The van der Waals surface area contributed by atoms with Crippen molar-refractivity contribution < 1.29 is 4.79 Å². The number of hydrogen-bond donors (Lipinski definition) is 1. The van der Waals surface area contributed by atoms with Gasteiger partial charge in [-0.3, -0.25) is 4.79 Å². The van der Waals surface area contributed by atoms with Crippen molar-refractivity contribution in [3.8, 4) is 0 Å². The average molecular weight is 214 g/mol. The summed E-state index contributed by atoms with van der Waals surface area (Å²) < 4.78 is 0. The number of amides is 1. The standard InChI is InChI=1S/C12H26N2O/c1-7-9(2)10(13)11(15)14(6)8-12(3,4)5/h9-10H,7-8,13H2,1-6H3/t9?,10-/m0/s1. The Labute approximate surface area is 94.0 Å². The van der Waals surface area contributed by atoms with Gasteiger partial charge in [0.15, 0.2) is 0 Å². The molecule has 1 unspecified atom stereocenters. The van der Waals surface area contributed by atoms with Crippen LogP contribution < -0.4 is 5.73 Å². The highest BCUT2D eigenvalue weighted by atomic mass is 16.2. The molecule has 0 fully saturated rings. The number of nitrogens with two attached hydrogens (primary N) is 1. The Bertz CT molecular complexity index is 208. The first kappa shape index (κ1) is 14.4. The number of rotatable bonds is 4. The van der Waals surface area contributed by atoms with E-state index in [1.165, 1.54) is 0 Å². The maximum Gasteiger partial charge on any atom is 0.239 e. The molecule has 0 heterocycles. The van der Waals surface area contributed by atoms with Gasteiger partial charge in [0.25, 0.3) is 0 Å². The van der Waals surface area contributed by atoms with Gasteiger partial charge in [0.1, 0.15) is 0 Å². The normalized spacial score (nSPS) is 15.9. The summed E-state index contributed by atoms with van der Waals surface area (Å²) in [5.41, 5.74) is 6.02. The maximum absolute atomic E-state index is 11.9. The summed E-state index contributed by atoms with van der Waals surface area (Å²) >= 11 is 0. The summed E-state index contributed by atoms with van der Waals surface area (Å²) in [5, 5.41) is 0. The molecule has 0 aliphatic heterocycles. The van der Waals surface area contributed by atoms with Crippen molar-refractivity contribution in [2.75, 3.05) is 13.6 Å². The Morgan fingerprint density at radius 1 is 1.40 bits per heavy atom. The van der Waals surface area contributed by atoms with Crippen LogP contribution in [0.15, 0.2) is 0 Å². The van der Waals surface area contributed by atoms with Crippen LogP contribution >= 0.6 is 0 Å². The van der Waals surface area contributed by atoms with Crippen LogP contribution in [0, 0.1) is 11.3 Å². The number of likely N-dealkylation sites (N-methyl/N-ethyl adjacent to an activating group) is 1. The SMILES string of the molecule is CCC(C)[C@H](N)C(=O)N(C)CC(C)(C)C. The number of carbonyl (C=O) groups is 1. The van der Waals surface area contributed by atoms with Crippen LogP contribution in [0.4, 0.5) is 0 Å². The van der Waals surface area contributed by atoms with E-state index in [-0.39, 0.29) is 23.3 Å². The van der Waals surface area contributed by atoms with Gasteiger partial charge in [-0.15, -0.1) is 0 Å². The monoisotopic (exact) mass is 214 g/mol. The second-order valence-corrected chi connectivity index (χ2v) is 5.67. The quantitative estimate of drug-likeness (QED) is 0.776.